The molecule has 1 saturated carbocycles. The van der Waals surface area contributed by atoms with Gasteiger partial charge < -0.3 is 0 Å². The zero-order valence-corrected chi connectivity index (χ0v) is 7.60. The molecule has 2 rings (SSSR count). The lowest BCUT2D eigenvalue weighted by Crippen LogP contribution is -1.91. The van der Waals surface area contributed by atoms with Gasteiger partial charge in [0.1, 0.15) is 6.07 Å². The Hall–Kier alpha value is -0.880. The smallest absolute Gasteiger partial charge is 0.194 e. The lowest BCUT2D eigenvalue weighted by molar-refractivity contribution is 0.702. The van der Waals surface area contributed by atoms with Crippen molar-refractivity contribution in [2.45, 2.75) is 31.6 Å². The summed E-state index contributed by atoms with van der Waals surface area (Å²) in [5, 5.41) is 11.2. The first-order valence-corrected chi connectivity index (χ1v) is 5.13. The fourth-order valence-corrected chi connectivity index (χ4v) is 2.43. The third kappa shape index (κ3) is 1.35. The largest absolute Gasteiger partial charge is 0.231 e. The predicted octanol–water partition coefficient (Wildman–Crippen LogP) is 2.67. The Bertz CT molecular complexity index is 305. The van der Waals surface area contributed by atoms with Gasteiger partial charge in [0, 0.05) is 11.3 Å². The van der Waals surface area contributed by atoms with Crippen molar-refractivity contribution in [3.8, 4) is 6.07 Å². The summed E-state index contributed by atoms with van der Waals surface area (Å²) < 4.78 is 0. The van der Waals surface area contributed by atoms with Crippen molar-refractivity contribution in [3.63, 3.8) is 0 Å². The quantitative estimate of drug-likeness (QED) is 0.663. The van der Waals surface area contributed by atoms with Crippen LogP contribution in [-0.4, -0.2) is 4.98 Å². The van der Waals surface area contributed by atoms with Crippen LogP contribution in [0.1, 0.15) is 42.3 Å². The molecular weight excluding hydrogens is 168 g/mol. The molecule has 62 valence electrons. The predicted molar refractivity (Wildman–Crippen MR) is 48.0 cm³/mol. The Kier molecular flexibility index (Phi) is 2.09. The number of aromatic nitrogens is 1. The Morgan fingerprint density at radius 3 is 2.83 bits per heavy atom. The molecule has 0 N–H and O–H groups in total. The van der Waals surface area contributed by atoms with Gasteiger partial charge in [-0.25, -0.2) is 4.98 Å². The average Bonchev–Trinajstić information content (AvgIpc) is 2.75. The SMILES string of the molecule is N#Cc1nc(C2CCCC2)cs1. The molecule has 3 heteroatoms. The van der Waals surface area contributed by atoms with Crippen LogP contribution in [-0.2, 0) is 0 Å². The van der Waals surface area contributed by atoms with Crippen molar-refractivity contribution in [2.75, 3.05) is 0 Å². The molecule has 2 nitrogen and oxygen atoms in total. The third-order valence-electron chi connectivity index (χ3n) is 2.39. The van der Waals surface area contributed by atoms with E-state index in [9.17, 15) is 0 Å². The van der Waals surface area contributed by atoms with Crippen LogP contribution >= 0.6 is 11.3 Å². The molecule has 12 heavy (non-hydrogen) atoms. The van der Waals surface area contributed by atoms with Crippen LogP contribution in [0.3, 0.4) is 0 Å². The number of nitriles is 1. The van der Waals surface area contributed by atoms with Crippen molar-refractivity contribution in [1.82, 2.24) is 4.98 Å². The number of hydrogen-bond donors (Lipinski definition) is 0. The molecule has 1 fully saturated rings. The Morgan fingerprint density at radius 2 is 2.25 bits per heavy atom. The molecule has 0 bridgehead atoms. The van der Waals surface area contributed by atoms with Crippen LogP contribution in [0.25, 0.3) is 0 Å². The van der Waals surface area contributed by atoms with Gasteiger partial charge in [0.15, 0.2) is 5.01 Å². The summed E-state index contributed by atoms with van der Waals surface area (Å²) in [7, 11) is 0. The summed E-state index contributed by atoms with van der Waals surface area (Å²) >= 11 is 1.46. The molecule has 1 aliphatic carbocycles. The van der Waals surface area contributed by atoms with Crippen LogP contribution in [0.15, 0.2) is 5.38 Å². The van der Waals surface area contributed by atoms with Crippen molar-refractivity contribution >= 4 is 11.3 Å². The van der Waals surface area contributed by atoms with Crippen molar-refractivity contribution < 1.29 is 0 Å². The van der Waals surface area contributed by atoms with E-state index in [2.05, 4.69) is 11.1 Å². The number of rotatable bonds is 1. The van der Waals surface area contributed by atoms with E-state index in [4.69, 9.17) is 5.26 Å². The highest BCUT2D eigenvalue weighted by molar-refractivity contribution is 7.10. The minimum Gasteiger partial charge on any atom is -0.231 e. The molecule has 0 aromatic carbocycles. The Morgan fingerprint density at radius 1 is 1.50 bits per heavy atom. The van der Waals surface area contributed by atoms with Gasteiger partial charge >= 0.3 is 0 Å². The number of hydrogen-bond acceptors (Lipinski definition) is 3. The molecule has 1 aromatic heterocycles. The summed E-state index contributed by atoms with van der Waals surface area (Å²) in [6, 6.07) is 2.08. The topological polar surface area (TPSA) is 36.7 Å². The van der Waals surface area contributed by atoms with Gasteiger partial charge in [-0.2, -0.15) is 5.26 Å². The number of nitrogens with zero attached hydrogens (tertiary/aromatic N) is 2. The molecule has 1 heterocycles. The lowest BCUT2D eigenvalue weighted by Gasteiger charge is -2.02. The minimum atomic E-state index is 0.608. The molecule has 0 amide bonds. The van der Waals surface area contributed by atoms with Gasteiger partial charge in [-0.1, -0.05) is 12.8 Å². The van der Waals surface area contributed by atoms with Gasteiger partial charge in [0.2, 0.25) is 0 Å². The summed E-state index contributed by atoms with van der Waals surface area (Å²) in [5.41, 5.74) is 1.15. The fourth-order valence-electron chi connectivity index (χ4n) is 1.75. The first-order chi connectivity index (χ1) is 5.90. The maximum absolute atomic E-state index is 8.59. The second-order valence-corrected chi connectivity index (χ2v) is 4.03. The first kappa shape index (κ1) is 7.75. The van der Waals surface area contributed by atoms with E-state index in [1.54, 1.807) is 0 Å². The fraction of sp³-hybridized carbons (Fsp3) is 0.556. The summed E-state index contributed by atoms with van der Waals surface area (Å²) in [4.78, 5) is 4.27. The molecular formula is C9H10N2S. The Balaban J connectivity index is 2.17. The summed E-state index contributed by atoms with van der Waals surface area (Å²) in [6.07, 6.45) is 5.16. The highest BCUT2D eigenvalue weighted by Gasteiger charge is 2.19. The molecule has 0 atom stereocenters. The zero-order valence-electron chi connectivity index (χ0n) is 6.79. The van der Waals surface area contributed by atoms with Crippen LogP contribution in [0.2, 0.25) is 0 Å². The maximum Gasteiger partial charge on any atom is 0.194 e. The van der Waals surface area contributed by atoms with Gasteiger partial charge in [-0.3, -0.25) is 0 Å². The van der Waals surface area contributed by atoms with Gasteiger partial charge in [-0.05, 0) is 12.8 Å². The van der Waals surface area contributed by atoms with E-state index < -0.39 is 0 Å². The van der Waals surface area contributed by atoms with E-state index in [-0.39, 0.29) is 0 Å². The maximum atomic E-state index is 8.59. The van der Waals surface area contributed by atoms with Crippen LogP contribution < -0.4 is 0 Å². The van der Waals surface area contributed by atoms with Crippen LogP contribution in [0.4, 0.5) is 0 Å². The standard InChI is InChI=1S/C9H10N2S/c10-5-9-11-8(6-12-9)7-3-1-2-4-7/h6-7H,1-4H2. The first-order valence-electron chi connectivity index (χ1n) is 4.25. The van der Waals surface area contributed by atoms with Crippen molar-refractivity contribution in [2.24, 2.45) is 0 Å². The van der Waals surface area contributed by atoms with Crippen LogP contribution in [0, 0.1) is 11.3 Å². The molecule has 0 unspecified atom stereocenters. The molecule has 1 aromatic rings. The van der Waals surface area contributed by atoms with E-state index in [1.807, 2.05) is 5.38 Å². The molecule has 0 radical (unpaired) electrons. The second kappa shape index (κ2) is 3.24. The lowest BCUT2D eigenvalue weighted by atomic mass is 10.1. The van der Waals surface area contributed by atoms with E-state index in [1.165, 1.54) is 37.0 Å². The van der Waals surface area contributed by atoms with E-state index >= 15 is 0 Å². The normalized spacial score (nSPS) is 17.9. The van der Waals surface area contributed by atoms with Gasteiger partial charge in [0.25, 0.3) is 0 Å². The highest BCUT2D eigenvalue weighted by atomic mass is 32.1. The summed E-state index contributed by atoms with van der Waals surface area (Å²) in [6.45, 7) is 0. The van der Waals surface area contributed by atoms with Gasteiger partial charge in [-0.15, -0.1) is 11.3 Å². The Labute approximate surface area is 75.9 Å². The number of thiazole rings is 1. The molecule has 0 aliphatic heterocycles. The average molecular weight is 178 g/mol. The van der Waals surface area contributed by atoms with E-state index in [0.717, 1.165) is 5.69 Å². The third-order valence-corrected chi connectivity index (χ3v) is 3.16. The van der Waals surface area contributed by atoms with Crippen molar-refractivity contribution in [1.29, 1.82) is 5.26 Å². The van der Waals surface area contributed by atoms with Crippen molar-refractivity contribution in [3.05, 3.63) is 16.1 Å². The molecule has 1 aliphatic rings. The monoisotopic (exact) mass is 178 g/mol. The second-order valence-electron chi connectivity index (χ2n) is 3.17. The molecule has 0 spiro atoms. The molecule has 0 saturated heterocycles. The minimum absolute atomic E-state index is 0.608. The van der Waals surface area contributed by atoms with Gasteiger partial charge in [0.05, 0.1) is 5.69 Å². The van der Waals surface area contributed by atoms with E-state index in [0.29, 0.717) is 10.9 Å². The van der Waals surface area contributed by atoms with Crippen LogP contribution in [0.5, 0.6) is 0 Å². The summed E-state index contributed by atoms with van der Waals surface area (Å²) in [5.74, 6) is 0.642. The highest BCUT2D eigenvalue weighted by Crippen LogP contribution is 2.34. The zero-order chi connectivity index (χ0) is 8.39.